The molecule has 2 nitrogen and oxygen atoms in total. The average Bonchev–Trinajstić information content (AvgIpc) is 1.62. The Morgan fingerprint density at radius 3 is 2.11 bits per heavy atom. The lowest BCUT2D eigenvalue weighted by molar-refractivity contribution is -0.109. The van der Waals surface area contributed by atoms with E-state index in [0.717, 1.165) is 12.7 Å². The first kappa shape index (κ1) is 8.63. The molecule has 0 aliphatic heterocycles. The lowest BCUT2D eigenvalue weighted by Crippen LogP contribution is -2.27. The summed E-state index contributed by atoms with van der Waals surface area (Å²) >= 11 is 0. The lowest BCUT2D eigenvalue weighted by Gasteiger charge is -2.19. The molecule has 0 amide bonds. The summed E-state index contributed by atoms with van der Waals surface area (Å²) < 4.78 is 0. The van der Waals surface area contributed by atoms with Crippen molar-refractivity contribution in [2.24, 2.45) is 11.1 Å². The molecule has 1 atom stereocenters. The predicted molar refractivity (Wildman–Crippen MR) is 38.1 cm³/mol. The van der Waals surface area contributed by atoms with Gasteiger partial charge in [0.25, 0.3) is 0 Å². The summed E-state index contributed by atoms with van der Waals surface area (Å²) in [5, 5.41) is 0. The summed E-state index contributed by atoms with van der Waals surface area (Å²) in [7, 11) is 0. The van der Waals surface area contributed by atoms with Crippen molar-refractivity contribution in [2.75, 3.05) is 0 Å². The van der Waals surface area contributed by atoms with Crippen LogP contribution in [-0.4, -0.2) is 12.3 Å². The van der Waals surface area contributed by atoms with Crippen molar-refractivity contribution in [2.45, 2.75) is 33.2 Å². The van der Waals surface area contributed by atoms with E-state index in [1.165, 1.54) is 0 Å². The standard InChI is InChI=1S/C7H15NO/c1-7(2,3)4-6(8)5-9/h5-6H,4,8H2,1-3H3/t6-/m0/s1. The Morgan fingerprint density at radius 2 is 2.00 bits per heavy atom. The third kappa shape index (κ3) is 5.50. The zero-order valence-electron chi connectivity index (χ0n) is 6.35. The van der Waals surface area contributed by atoms with Crippen LogP contribution in [0.4, 0.5) is 0 Å². The van der Waals surface area contributed by atoms with Gasteiger partial charge in [-0.1, -0.05) is 20.8 Å². The number of carbonyl (C=O) groups is 1. The topological polar surface area (TPSA) is 43.1 Å². The van der Waals surface area contributed by atoms with Crippen LogP contribution >= 0.6 is 0 Å². The van der Waals surface area contributed by atoms with Crippen molar-refractivity contribution in [3.05, 3.63) is 0 Å². The van der Waals surface area contributed by atoms with Gasteiger partial charge in [0.2, 0.25) is 0 Å². The number of hydrogen-bond donors (Lipinski definition) is 1. The van der Waals surface area contributed by atoms with E-state index in [1.807, 2.05) is 0 Å². The van der Waals surface area contributed by atoms with Gasteiger partial charge in [-0.05, 0) is 11.8 Å². The minimum Gasteiger partial charge on any atom is -0.322 e. The molecule has 0 radical (unpaired) electrons. The van der Waals surface area contributed by atoms with Crippen molar-refractivity contribution in [3.63, 3.8) is 0 Å². The van der Waals surface area contributed by atoms with Gasteiger partial charge in [0.15, 0.2) is 0 Å². The van der Waals surface area contributed by atoms with Crippen LogP contribution in [0.15, 0.2) is 0 Å². The van der Waals surface area contributed by atoms with Crippen molar-refractivity contribution in [3.8, 4) is 0 Å². The zero-order valence-corrected chi connectivity index (χ0v) is 6.35. The second-order valence-electron chi connectivity index (χ2n) is 3.56. The monoisotopic (exact) mass is 129 g/mol. The molecule has 0 spiro atoms. The highest BCUT2D eigenvalue weighted by Gasteiger charge is 2.14. The number of carbonyl (C=O) groups excluding carboxylic acids is 1. The fourth-order valence-corrected chi connectivity index (χ4v) is 0.755. The van der Waals surface area contributed by atoms with Gasteiger partial charge < -0.3 is 10.5 Å². The zero-order chi connectivity index (χ0) is 7.49. The molecule has 0 aliphatic rings. The van der Waals surface area contributed by atoms with E-state index in [4.69, 9.17) is 5.73 Å². The van der Waals surface area contributed by atoms with Gasteiger partial charge >= 0.3 is 0 Å². The van der Waals surface area contributed by atoms with Crippen LogP contribution in [0.25, 0.3) is 0 Å². The molecule has 0 rings (SSSR count). The van der Waals surface area contributed by atoms with Crippen molar-refractivity contribution in [1.29, 1.82) is 0 Å². The van der Waals surface area contributed by atoms with E-state index < -0.39 is 0 Å². The summed E-state index contributed by atoms with van der Waals surface area (Å²) in [6.07, 6.45) is 1.56. The maximum absolute atomic E-state index is 10.1. The second-order valence-corrected chi connectivity index (χ2v) is 3.56. The van der Waals surface area contributed by atoms with Crippen LogP contribution in [0.2, 0.25) is 0 Å². The normalized spacial score (nSPS) is 15.1. The van der Waals surface area contributed by atoms with E-state index >= 15 is 0 Å². The molecule has 9 heavy (non-hydrogen) atoms. The Labute approximate surface area is 56.4 Å². The number of nitrogens with two attached hydrogens (primary N) is 1. The Morgan fingerprint density at radius 1 is 1.56 bits per heavy atom. The summed E-state index contributed by atoms with van der Waals surface area (Å²) in [4.78, 5) is 10.1. The highest BCUT2D eigenvalue weighted by molar-refractivity contribution is 5.56. The van der Waals surface area contributed by atoms with E-state index in [9.17, 15) is 4.79 Å². The molecule has 0 unspecified atom stereocenters. The van der Waals surface area contributed by atoms with Crippen molar-refractivity contribution < 1.29 is 4.79 Å². The fourth-order valence-electron chi connectivity index (χ4n) is 0.755. The van der Waals surface area contributed by atoms with Gasteiger partial charge in [0.1, 0.15) is 6.29 Å². The van der Waals surface area contributed by atoms with Crippen molar-refractivity contribution >= 4 is 6.29 Å². The van der Waals surface area contributed by atoms with Gasteiger partial charge in [-0.25, -0.2) is 0 Å². The maximum Gasteiger partial charge on any atom is 0.136 e. The molecule has 0 fully saturated rings. The summed E-state index contributed by atoms with van der Waals surface area (Å²) in [6.45, 7) is 6.20. The second kappa shape index (κ2) is 2.97. The minimum atomic E-state index is -0.287. The largest absolute Gasteiger partial charge is 0.322 e. The highest BCUT2D eigenvalue weighted by atomic mass is 16.1. The smallest absolute Gasteiger partial charge is 0.136 e. The van der Waals surface area contributed by atoms with Crippen LogP contribution in [0.3, 0.4) is 0 Å². The highest BCUT2D eigenvalue weighted by Crippen LogP contribution is 2.18. The average molecular weight is 129 g/mol. The van der Waals surface area contributed by atoms with Gasteiger partial charge in [-0.2, -0.15) is 0 Å². The maximum atomic E-state index is 10.1. The van der Waals surface area contributed by atoms with Gasteiger partial charge in [0, 0.05) is 0 Å². The summed E-state index contributed by atoms with van der Waals surface area (Å²) in [5.74, 6) is 0. The lowest BCUT2D eigenvalue weighted by atomic mass is 9.89. The predicted octanol–water partition coefficient (Wildman–Crippen LogP) is 0.949. The third-order valence-corrected chi connectivity index (χ3v) is 1.02. The Hall–Kier alpha value is -0.370. The van der Waals surface area contributed by atoms with Crippen LogP contribution in [0, 0.1) is 5.41 Å². The van der Waals surface area contributed by atoms with Gasteiger partial charge in [0.05, 0.1) is 6.04 Å². The van der Waals surface area contributed by atoms with Crippen LogP contribution in [0.1, 0.15) is 27.2 Å². The van der Waals surface area contributed by atoms with E-state index in [2.05, 4.69) is 20.8 Å². The van der Waals surface area contributed by atoms with Crippen LogP contribution in [0.5, 0.6) is 0 Å². The van der Waals surface area contributed by atoms with E-state index in [1.54, 1.807) is 0 Å². The third-order valence-electron chi connectivity index (χ3n) is 1.02. The molecule has 0 aromatic heterocycles. The minimum absolute atomic E-state index is 0.167. The number of rotatable bonds is 2. The molecule has 0 aromatic carbocycles. The van der Waals surface area contributed by atoms with Crippen LogP contribution in [-0.2, 0) is 4.79 Å². The first-order chi connectivity index (χ1) is 3.95. The fraction of sp³-hybridized carbons (Fsp3) is 0.857. The molecule has 0 aliphatic carbocycles. The Kier molecular flexibility index (Phi) is 2.85. The quantitative estimate of drug-likeness (QED) is 0.564. The first-order valence-corrected chi connectivity index (χ1v) is 3.16. The van der Waals surface area contributed by atoms with E-state index in [0.29, 0.717) is 0 Å². The molecule has 2 heteroatoms. The Bertz CT molecular complexity index is 93.6. The van der Waals surface area contributed by atoms with Crippen molar-refractivity contribution in [1.82, 2.24) is 0 Å². The molecule has 0 bridgehead atoms. The van der Waals surface area contributed by atoms with E-state index in [-0.39, 0.29) is 11.5 Å². The summed E-state index contributed by atoms with van der Waals surface area (Å²) in [6, 6.07) is -0.287. The number of aldehydes is 1. The molecule has 0 aromatic rings. The molecule has 0 saturated carbocycles. The first-order valence-electron chi connectivity index (χ1n) is 3.16. The van der Waals surface area contributed by atoms with Gasteiger partial charge in [-0.3, -0.25) is 0 Å². The Balaban J connectivity index is 3.59. The SMILES string of the molecule is CC(C)(C)C[C@H](N)C=O. The molecule has 0 saturated heterocycles. The molecular weight excluding hydrogens is 114 g/mol. The van der Waals surface area contributed by atoms with Gasteiger partial charge in [-0.15, -0.1) is 0 Å². The molecule has 54 valence electrons. The number of hydrogen-bond acceptors (Lipinski definition) is 2. The summed E-state index contributed by atoms with van der Waals surface area (Å²) in [5.41, 5.74) is 5.56. The molecular formula is C7H15NO. The van der Waals surface area contributed by atoms with Crippen LogP contribution < -0.4 is 5.73 Å². The molecule has 2 N–H and O–H groups in total. The molecule has 0 heterocycles.